The average molecular weight is 475 g/mol. The molecule has 0 atom stereocenters. The molecule has 0 saturated heterocycles. The quantitative estimate of drug-likeness (QED) is 0.313. The SMILES string of the molecule is CN=C(NCCc1ccccc1)NCCc1ccc(-n2cccn2)cc1.I. The van der Waals surface area contributed by atoms with Crippen LogP contribution in [-0.4, -0.2) is 35.9 Å². The van der Waals surface area contributed by atoms with Crippen molar-refractivity contribution < 1.29 is 0 Å². The van der Waals surface area contributed by atoms with Crippen LogP contribution < -0.4 is 10.6 Å². The lowest BCUT2D eigenvalue weighted by Crippen LogP contribution is -2.39. The molecule has 5 nitrogen and oxygen atoms in total. The van der Waals surface area contributed by atoms with Crippen molar-refractivity contribution in [2.75, 3.05) is 20.1 Å². The highest BCUT2D eigenvalue weighted by Gasteiger charge is 2.00. The molecule has 2 N–H and O–H groups in total. The van der Waals surface area contributed by atoms with Crippen LogP contribution in [0.25, 0.3) is 5.69 Å². The number of benzene rings is 2. The summed E-state index contributed by atoms with van der Waals surface area (Å²) in [5.74, 6) is 0.842. The second kappa shape index (κ2) is 11.4. The van der Waals surface area contributed by atoms with Gasteiger partial charge in [0.05, 0.1) is 5.69 Å². The van der Waals surface area contributed by atoms with Gasteiger partial charge in [0.15, 0.2) is 5.96 Å². The van der Waals surface area contributed by atoms with Gasteiger partial charge in [0, 0.05) is 32.5 Å². The molecule has 0 spiro atoms. The average Bonchev–Trinajstić information content (AvgIpc) is 3.23. The van der Waals surface area contributed by atoms with E-state index in [9.17, 15) is 0 Å². The Morgan fingerprint density at radius 3 is 2.07 bits per heavy atom. The Balaban J connectivity index is 0.00000261. The first kappa shape index (κ1) is 21.0. The predicted octanol–water partition coefficient (Wildman–Crippen LogP) is 3.44. The number of hydrogen-bond donors (Lipinski definition) is 2. The van der Waals surface area contributed by atoms with E-state index in [1.54, 1.807) is 13.2 Å². The van der Waals surface area contributed by atoms with Crippen molar-refractivity contribution in [3.05, 3.63) is 84.2 Å². The van der Waals surface area contributed by atoms with Crippen LogP contribution in [0.1, 0.15) is 11.1 Å². The van der Waals surface area contributed by atoms with Gasteiger partial charge in [-0.3, -0.25) is 4.99 Å². The van der Waals surface area contributed by atoms with E-state index in [-0.39, 0.29) is 24.0 Å². The summed E-state index contributed by atoms with van der Waals surface area (Å²) in [6.45, 7) is 1.70. The first-order valence-corrected chi connectivity index (χ1v) is 8.92. The maximum absolute atomic E-state index is 4.28. The van der Waals surface area contributed by atoms with E-state index in [2.05, 4.69) is 69.3 Å². The highest BCUT2D eigenvalue weighted by atomic mass is 127. The molecule has 0 radical (unpaired) electrons. The van der Waals surface area contributed by atoms with Crippen molar-refractivity contribution >= 4 is 29.9 Å². The van der Waals surface area contributed by atoms with Gasteiger partial charge < -0.3 is 10.6 Å². The molecule has 0 bridgehead atoms. The molecule has 6 heteroatoms. The zero-order chi connectivity index (χ0) is 18.0. The Bertz CT molecular complexity index is 798. The summed E-state index contributed by atoms with van der Waals surface area (Å²) >= 11 is 0. The molecular weight excluding hydrogens is 449 g/mol. The lowest BCUT2D eigenvalue weighted by atomic mass is 10.1. The number of halogens is 1. The number of rotatable bonds is 7. The van der Waals surface area contributed by atoms with Crippen LogP contribution in [-0.2, 0) is 12.8 Å². The van der Waals surface area contributed by atoms with Crippen molar-refractivity contribution in [2.24, 2.45) is 4.99 Å². The third-order valence-electron chi connectivity index (χ3n) is 4.18. The summed E-state index contributed by atoms with van der Waals surface area (Å²) < 4.78 is 1.86. The van der Waals surface area contributed by atoms with Gasteiger partial charge in [-0.15, -0.1) is 24.0 Å². The lowest BCUT2D eigenvalue weighted by Gasteiger charge is -2.12. The number of aromatic nitrogens is 2. The van der Waals surface area contributed by atoms with E-state index in [4.69, 9.17) is 0 Å². The van der Waals surface area contributed by atoms with Gasteiger partial charge in [-0.1, -0.05) is 42.5 Å². The van der Waals surface area contributed by atoms with Crippen molar-refractivity contribution in [3.8, 4) is 5.69 Å². The zero-order valence-electron chi connectivity index (χ0n) is 15.5. The van der Waals surface area contributed by atoms with Gasteiger partial charge in [0.2, 0.25) is 0 Å². The van der Waals surface area contributed by atoms with Crippen LogP contribution in [0, 0.1) is 0 Å². The minimum atomic E-state index is 0. The van der Waals surface area contributed by atoms with Crippen molar-refractivity contribution in [1.29, 1.82) is 0 Å². The number of nitrogens with zero attached hydrogens (tertiary/aromatic N) is 3. The molecule has 0 aliphatic heterocycles. The van der Waals surface area contributed by atoms with Crippen molar-refractivity contribution in [1.82, 2.24) is 20.4 Å². The van der Waals surface area contributed by atoms with Gasteiger partial charge in [-0.2, -0.15) is 5.10 Å². The van der Waals surface area contributed by atoms with Crippen molar-refractivity contribution in [2.45, 2.75) is 12.8 Å². The second-order valence-electron chi connectivity index (χ2n) is 6.03. The highest BCUT2D eigenvalue weighted by molar-refractivity contribution is 14.0. The summed E-state index contributed by atoms with van der Waals surface area (Å²) in [5.41, 5.74) is 3.69. The monoisotopic (exact) mass is 475 g/mol. The lowest BCUT2D eigenvalue weighted by molar-refractivity contribution is 0.784. The summed E-state index contributed by atoms with van der Waals surface area (Å²) in [6.07, 6.45) is 5.66. The molecule has 0 aliphatic carbocycles. The molecule has 0 amide bonds. The van der Waals surface area contributed by atoms with E-state index in [1.807, 2.05) is 23.0 Å². The predicted molar refractivity (Wildman–Crippen MR) is 122 cm³/mol. The van der Waals surface area contributed by atoms with Crippen LogP contribution in [0.2, 0.25) is 0 Å². The number of aliphatic imine (C=N–C) groups is 1. The molecule has 0 unspecified atom stereocenters. The minimum Gasteiger partial charge on any atom is -0.356 e. The van der Waals surface area contributed by atoms with Gasteiger partial charge in [0.1, 0.15) is 0 Å². The molecule has 142 valence electrons. The first-order valence-electron chi connectivity index (χ1n) is 8.92. The summed E-state index contributed by atoms with van der Waals surface area (Å²) in [4.78, 5) is 4.28. The molecule has 27 heavy (non-hydrogen) atoms. The summed E-state index contributed by atoms with van der Waals surface area (Å²) in [6, 6.07) is 20.9. The zero-order valence-corrected chi connectivity index (χ0v) is 17.8. The maximum atomic E-state index is 4.28. The first-order chi connectivity index (χ1) is 12.8. The van der Waals surface area contributed by atoms with Crippen LogP contribution in [0.3, 0.4) is 0 Å². The Morgan fingerprint density at radius 1 is 0.889 bits per heavy atom. The van der Waals surface area contributed by atoms with E-state index in [0.29, 0.717) is 0 Å². The van der Waals surface area contributed by atoms with Crippen LogP contribution >= 0.6 is 24.0 Å². The Hall–Kier alpha value is -2.35. The molecule has 2 aromatic carbocycles. The molecule has 1 aromatic heterocycles. The third kappa shape index (κ3) is 6.71. The molecule has 0 fully saturated rings. The number of guanidine groups is 1. The van der Waals surface area contributed by atoms with E-state index in [0.717, 1.165) is 37.6 Å². The summed E-state index contributed by atoms with van der Waals surface area (Å²) in [7, 11) is 1.80. The molecule has 3 aromatic rings. The smallest absolute Gasteiger partial charge is 0.190 e. The number of hydrogen-bond acceptors (Lipinski definition) is 2. The fourth-order valence-corrected chi connectivity index (χ4v) is 2.75. The Kier molecular flexibility index (Phi) is 8.83. The van der Waals surface area contributed by atoms with Crippen LogP contribution in [0.4, 0.5) is 0 Å². The second-order valence-corrected chi connectivity index (χ2v) is 6.03. The van der Waals surface area contributed by atoms with Crippen molar-refractivity contribution in [3.63, 3.8) is 0 Å². The largest absolute Gasteiger partial charge is 0.356 e. The molecule has 3 rings (SSSR count). The molecule has 1 heterocycles. The van der Waals surface area contributed by atoms with Gasteiger partial charge in [0.25, 0.3) is 0 Å². The Labute approximate surface area is 177 Å². The Morgan fingerprint density at radius 2 is 1.52 bits per heavy atom. The van der Waals surface area contributed by atoms with Gasteiger partial charge in [-0.25, -0.2) is 4.68 Å². The summed E-state index contributed by atoms with van der Waals surface area (Å²) in [5, 5.41) is 11.0. The minimum absolute atomic E-state index is 0. The standard InChI is InChI=1S/C21H25N5.HI/c1-22-21(23-15-12-18-6-3-2-4-7-18)24-16-13-19-8-10-20(11-9-19)26-17-5-14-25-26;/h2-11,14,17H,12-13,15-16H2,1H3,(H2,22,23,24);1H. The van der Waals surface area contributed by atoms with Crippen LogP contribution in [0.5, 0.6) is 0 Å². The van der Waals surface area contributed by atoms with E-state index < -0.39 is 0 Å². The molecule has 0 aliphatic rings. The van der Waals surface area contributed by atoms with E-state index in [1.165, 1.54) is 11.1 Å². The normalized spacial score (nSPS) is 10.9. The highest BCUT2D eigenvalue weighted by Crippen LogP contribution is 2.08. The fraction of sp³-hybridized carbons (Fsp3) is 0.238. The topological polar surface area (TPSA) is 54.2 Å². The van der Waals surface area contributed by atoms with Crippen LogP contribution in [0.15, 0.2) is 78.0 Å². The molecule has 0 saturated carbocycles. The molecular formula is C21H26IN5. The van der Waals surface area contributed by atoms with Gasteiger partial charge >= 0.3 is 0 Å². The maximum Gasteiger partial charge on any atom is 0.190 e. The fourth-order valence-electron chi connectivity index (χ4n) is 2.75. The number of nitrogens with one attached hydrogen (secondary N) is 2. The van der Waals surface area contributed by atoms with Gasteiger partial charge in [-0.05, 0) is 42.2 Å². The third-order valence-corrected chi connectivity index (χ3v) is 4.18. The van der Waals surface area contributed by atoms with E-state index >= 15 is 0 Å².